The second kappa shape index (κ2) is 4.87. The Balaban J connectivity index is 2.14. The summed E-state index contributed by atoms with van der Waals surface area (Å²) < 4.78 is 0. The van der Waals surface area contributed by atoms with Crippen LogP contribution in [0.25, 0.3) is 0 Å². The maximum atomic E-state index is 11.8. The van der Waals surface area contributed by atoms with Gasteiger partial charge in [0.15, 0.2) is 0 Å². The number of urea groups is 1. The van der Waals surface area contributed by atoms with Gasteiger partial charge < -0.3 is 10.2 Å². The molecule has 1 saturated heterocycles. The second-order valence-electron chi connectivity index (χ2n) is 6.62. The van der Waals surface area contributed by atoms with Crippen molar-refractivity contribution in [2.75, 3.05) is 6.54 Å². The number of hydrogen-bond acceptors (Lipinski definition) is 1. The largest absolute Gasteiger partial charge is 0.329 e. The van der Waals surface area contributed by atoms with Crippen molar-refractivity contribution in [2.24, 2.45) is 0 Å². The zero-order valence-corrected chi connectivity index (χ0v) is 12.5. The lowest BCUT2D eigenvalue weighted by molar-refractivity contribution is 0.206. The first kappa shape index (κ1) is 13.9. The van der Waals surface area contributed by atoms with Gasteiger partial charge in [0.2, 0.25) is 0 Å². The lowest BCUT2D eigenvalue weighted by atomic mass is 9.86. The third-order valence-electron chi connectivity index (χ3n) is 3.74. The van der Waals surface area contributed by atoms with Gasteiger partial charge in [0.25, 0.3) is 0 Å². The Labute approximate surface area is 116 Å². The minimum atomic E-state index is 0.0416. The van der Waals surface area contributed by atoms with Gasteiger partial charge in [-0.15, -0.1) is 0 Å². The molecule has 1 aromatic carbocycles. The Bertz CT molecular complexity index is 457. The highest BCUT2D eigenvalue weighted by molar-refractivity contribution is 5.77. The van der Waals surface area contributed by atoms with E-state index in [9.17, 15) is 4.79 Å². The zero-order chi connectivity index (χ0) is 14.2. The normalized spacial score (nSPS) is 20.0. The molecule has 0 bridgehead atoms. The van der Waals surface area contributed by atoms with E-state index >= 15 is 0 Å². The summed E-state index contributed by atoms with van der Waals surface area (Å²) in [5.74, 6) is 0. The van der Waals surface area contributed by atoms with Crippen molar-refractivity contribution in [3.05, 3.63) is 35.4 Å². The van der Waals surface area contributed by atoms with Gasteiger partial charge in [-0.2, -0.15) is 0 Å². The molecule has 3 heteroatoms. The number of carbonyl (C=O) groups is 1. The Morgan fingerprint density at radius 1 is 1.21 bits per heavy atom. The molecule has 2 amide bonds. The Kier molecular flexibility index (Phi) is 3.57. The highest BCUT2D eigenvalue weighted by Crippen LogP contribution is 2.26. The molecule has 0 aliphatic carbocycles. The van der Waals surface area contributed by atoms with Crippen molar-refractivity contribution >= 4 is 6.03 Å². The molecule has 1 aromatic rings. The number of nitrogens with one attached hydrogen (secondary N) is 1. The Morgan fingerprint density at radius 3 is 2.21 bits per heavy atom. The van der Waals surface area contributed by atoms with Crippen LogP contribution < -0.4 is 5.32 Å². The summed E-state index contributed by atoms with van der Waals surface area (Å²) in [6, 6.07) is 9.01. The van der Waals surface area contributed by atoms with Crippen molar-refractivity contribution in [2.45, 2.75) is 52.1 Å². The van der Waals surface area contributed by atoms with Crippen LogP contribution in [0.1, 0.15) is 51.8 Å². The van der Waals surface area contributed by atoms with Crippen molar-refractivity contribution in [3.63, 3.8) is 0 Å². The maximum Gasteiger partial charge on any atom is 0.318 e. The van der Waals surface area contributed by atoms with E-state index < -0.39 is 0 Å². The number of nitrogens with zero attached hydrogens (tertiary/aromatic N) is 1. The second-order valence-corrected chi connectivity index (χ2v) is 6.62. The van der Waals surface area contributed by atoms with Crippen LogP contribution in [0.4, 0.5) is 4.79 Å². The quantitative estimate of drug-likeness (QED) is 0.867. The van der Waals surface area contributed by atoms with E-state index in [1.165, 1.54) is 11.1 Å². The Morgan fingerprint density at radius 2 is 1.79 bits per heavy atom. The van der Waals surface area contributed by atoms with Crippen molar-refractivity contribution in [3.8, 4) is 0 Å². The van der Waals surface area contributed by atoms with Gasteiger partial charge in [-0.3, -0.25) is 0 Å². The molecule has 2 rings (SSSR count). The highest BCUT2D eigenvalue weighted by atomic mass is 16.2. The van der Waals surface area contributed by atoms with Crippen LogP contribution in [-0.4, -0.2) is 23.5 Å². The topological polar surface area (TPSA) is 32.3 Å². The average molecular weight is 260 g/mol. The predicted molar refractivity (Wildman–Crippen MR) is 78.3 cm³/mol. The van der Waals surface area contributed by atoms with Gasteiger partial charge in [-0.05, 0) is 30.4 Å². The molecule has 1 unspecified atom stereocenters. The molecule has 0 saturated carbocycles. The van der Waals surface area contributed by atoms with Gasteiger partial charge >= 0.3 is 6.03 Å². The van der Waals surface area contributed by atoms with Crippen LogP contribution in [0.5, 0.6) is 0 Å². The standard InChI is InChI=1S/C16H24N2O/c1-11(2)18-10-14(17-15(18)19)12-6-8-13(9-7-12)16(3,4)5/h6-9,11,14H,10H2,1-5H3,(H,17,19). The molecular weight excluding hydrogens is 236 g/mol. The molecule has 0 radical (unpaired) electrons. The molecule has 19 heavy (non-hydrogen) atoms. The minimum absolute atomic E-state index is 0.0416. The fourth-order valence-electron chi connectivity index (χ4n) is 2.41. The van der Waals surface area contributed by atoms with E-state index in [4.69, 9.17) is 0 Å². The molecule has 1 aliphatic heterocycles. The van der Waals surface area contributed by atoms with Crippen LogP contribution in [-0.2, 0) is 5.41 Å². The lowest BCUT2D eigenvalue weighted by Crippen LogP contribution is -2.33. The molecule has 0 aromatic heterocycles. The Hall–Kier alpha value is -1.51. The van der Waals surface area contributed by atoms with Crippen LogP contribution in [0.15, 0.2) is 24.3 Å². The van der Waals surface area contributed by atoms with Crippen molar-refractivity contribution < 1.29 is 4.79 Å². The molecular formula is C16H24N2O. The fraction of sp³-hybridized carbons (Fsp3) is 0.562. The summed E-state index contributed by atoms with van der Waals surface area (Å²) in [4.78, 5) is 13.7. The molecule has 1 heterocycles. The van der Waals surface area contributed by atoms with Crippen LogP contribution in [0.2, 0.25) is 0 Å². The summed E-state index contributed by atoms with van der Waals surface area (Å²) >= 11 is 0. The SMILES string of the molecule is CC(C)N1CC(c2ccc(C(C)(C)C)cc2)NC1=O. The first-order chi connectivity index (χ1) is 8.79. The fourth-order valence-corrected chi connectivity index (χ4v) is 2.41. The lowest BCUT2D eigenvalue weighted by Gasteiger charge is -2.20. The minimum Gasteiger partial charge on any atom is -0.329 e. The van der Waals surface area contributed by atoms with E-state index in [0.717, 1.165) is 6.54 Å². The highest BCUT2D eigenvalue weighted by Gasteiger charge is 2.31. The molecule has 3 nitrogen and oxygen atoms in total. The van der Waals surface area contributed by atoms with Gasteiger partial charge in [0.1, 0.15) is 0 Å². The third kappa shape index (κ3) is 2.91. The number of rotatable bonds is 2. The van der Waals surface area contributed by atoms with Crippen molar-refractivity contribution in [1.82, 2.24) is 10.2 Å². The number of amides is 2. The van der Waals surface area contributed by atoms with E-state index in [1.54, 1.807) is 0 Å². The van der Waals surface area contributed by atoms with Crippen LogP contribution in [0, 0.1) is 0 Å². The number of benzene rings is 1. The predicted octanol–water partition coefficient (Wildman–Crippen LogP) is 3.46. The van der Waals surface area contributed by atoms with E-state index in [2.05, 4.69) is 50.4 Å². The molecule has 1 fully saturated rings. The smallest absolute Gasteiger partial charge is 0.318 e. The first-order valence-electron chi connectivity index (χ1n) is 6.96. The maximum absolute atomic E-state index is 11.8. The van der Waals surface area contributed by atoms with Crippen LogP contribution >= 0.6 is 0 Å². The first-order valence-corrected chi connectivity index (χ1v) is 6.96. The molecule has 0 spiro atoms. The summed E-state index contributed by atoms with van der Waals surface area (Å²) in [6.45, 7) is 11.5. The summed E-state index contributed by atoms with van der Waals surface area (Å²) in [5, 5.41) is 3.05. The monoisotopic (exact) mass is 260 g/mol. The summed E-state index contributed by atoms with van der Waals surface area (Å²) in [7, 11) is 0. The van der Waals surface area contributed by atoms with Crippen LogP contribution in [0.3, 0.4) is 0 Å². The summed E-state index contributed by atoms with van der Waals surface area (Å²) in [5.41, 5.74) is 2.67. The zero-order valence-electron chi connectivity index (χ0n) is 12.5. The third-order valence-corrected chi connectivity index (χ3v) is 3.74. The van der Waals surface area contributed by atoms with Crippen molar-refractivity contribution in [1.29, 1.82) is 0 Å². The van der Waals surface area contributed by atoms with Gasteiger partial charge in [-0.1, -0.05) is 45.0 Å². The van der Waals surface area contributed by atoms with E-state index in [-0.39, 0.29) is 23.5 Å². The summed E-state index contributed by atoms with van der Waals surface area (Å²) in [6.07, 6.45) is 0. The molecule has 1 atom stereocenters. The van der Waals surface area contributed by atoms with E-state index in [0.29, 0.717) is 0 Å². The molecule has 1 aliphatic rings. The average Bonchev–Trinajstić information content (AvgIpc) is 2.70. The molecule has 104 valence electrons. The van der Waals surface area contributed by atoms with Gasteiger partial charge in [0, 0.05) is 12.6 Å². The van der Waals surface area contributed by atoms with E-state index in [1.807, 2.05) is 18.7 Å². The number of carbonyl (C=O) groups excluding carboxylic acids is 1. The van der Waals surface area contributed by atoms with Gasteiger partial charge in [-0.25, -0.2) is 4.79 Å². The molecule has 1 N–H and O–H groups in total. The van der Waals surface area contributed by atoms with Gasteiger partial charge in [0.05, 0.1) is 6.04 Å². The number of hydrogen-bond donors (Lipinski definition) is 1.